The summed E-state index contributed by atoms with van der Waals surface area (Å²) in [5.74, 6) is -0.168. The standard InChI is InChI=1S/C33H42ClN3O4S/c1-24(2)22-35-33(39)31(21-27-13-7-6-8-14-27)36(23-28-15-9-12-25(3)20-28)32(38)18-11-19-37(42(5,40)41)30-17-10-16-29(34)26(30)4/h6-10,12-17,20,24,31H,11,18-19,21-23H2,1-5H3,(H,35,39)/t31-/m1/s1. The maximum absolute atomic E-state index is 14.0. The summed E-state index contributed by atoms with van der Waals surface area (Å²) in [5, 5.41) is 3.50. The predicted molar refractivity (Wildman–Crippen MR) is 171 cm³/mol. The third-order valence-electron chi connectivity index (χ3n) is 7.05. The van der Waals surface area contributed by atoms with Gasteiger partial charge in [-0.05, 0) is 55.0 Å². The van der Waals surface area contributed by atoms with Crippen LogP contribution >= 0.6 is 11.6 Å². The number of hydrogen-bond acceptors (Lipinski definition) is 4. The Morgan fingerprint density at radius 2 is 1.60 bits per heavy atom. The van der Waals surface area contributed by atoms with E-state index in [-0.39, 0.29) is 43.7 Å². The van der Waals surface area contributed by atoms with Gasteiger partial charge in [-0.25, -0.2) is 8.42 Å². The van der Waals surface area contributed by atoms with Gasteiger partial charge in [-0.15, -0.1) is 0 Å². The summed E-state index contributed by atoms with van der Waals surface area (Å²) in [6.07, 6.45) is 1.85. The molecule has 3 rings (SSSR count). The maximum Gasteiger partial charge on any atom is 0.243 e. The first-order valence-corrected chi connectivity index (χ1v) is 16.5. The quantitative estimate of drug-likeness (QED) is 0.245. The van der Waals surface area contributed by atoms with Gasteiger partial charge in [0.1, 0.15) is 6.04 Å². The Morgan fingerprint density at radius 1 is 0.929 bits per heavy atom. The second-order valence-electron chi connectivity index (χ2n) is 11.2. The molecule has 3 aromatic rings. The van der Waals surface area contributed by atoms with E-state index in [1.807, 2.05) is 75.4 Å². The van der Waals surface area contributed by atoms with Crippen LogP contribution in [0.1, 0.15) is 48.9 Å². The van der Waals surface area contributed by atoms with Gasteiger partial charge in [0.25, 0.3) is 0 Å². The normalized spacial score (nSPS) is 12.2. The summed E-state index contributed by atoms with van der Waals surface area (Å²) < 4.78 is 26.8. The largest absolute Gasteiger partial charge is 0.354 e. The molecule has 0 aliphatic rings. The van der Waals surface area contributed by atoms with Gasteiger partial charge in [0, 0.05) is 37.5 Å². The summed E-state index contributed by atoms with van der Waals surface area (Å²) in [4.78, 5) is 29.2. The van der Waals surface area contributed by atoms with Crippen LogP contribution in [-0.4, -0.2) is 50.5 Å². The zero-order valence-electron chi connectivity index (χ0n) is 25.1. The van der Waals surface area contributed by atoms with E-state index in [1.165, 1.54) is 4.31 Å². The van der Waals surface area contributed by atoms with Crippen molar-refractivity contribution in [1.29, 1.82) is 0 Å². The lowest BCUT2D eigenvalue weighted by Gasteiger charge is -2.32. The van der Waals surface area contributed by atoms with E-state index in [2.05, 4.69) is 5.32 Å². The molecule has 2 amide bonds. The second-order valence-corrected chi connectivity index (χ2v) is 13.5. The topological polar surface area (TPSA) is 86.8 Å². The third kappa shape index (κ3) is 9.60. The zero-order chi connectivity index (χ0) is 30.9. The molecule has 3 aromatic carbocycles. The number of amides is 2. The number of benzene rings is 3. The molecule has 226 valence electrons. The van der Waals surface area contributed by atoms with Gasteiger partial charge in [-0.1, -0.05) is 91.7 Å². The number of sulfonamides is 1. The maximum atomic E-state index is 14.0. The Kier molecular flexibility index (Phi) is 12.0. The molecule has 0 bridgehead atoms. The van der Waals surface area contributed by atoms with Crippen molar-refractivity contribution in [3.8, 4) is 0 Å². The fraction of sp³-hybridized carbons (Fsp3) is 0.394. The Labute approximate surface area is 255 Å². The Bertz CT molecular complexity index is 1460. The monoisotopic (exact) mass is 611 g/mol. The van der Waals surface area contributed by atoms with Crippen LogP contribution in [0, 0.1) is 19.8 Å². The molecule has 0 saturated carbocycles. The van der Waals surface area contributed by atoms with Crippen LogP contribution in [0.2, 0.25) is 5.02 Å². The van der Waals surface area contributed by atoms with Crippen molar-refractivity contribution in [1.82, 2.24) is 10.2 Å². The predicted octanol–water partition coefficient (Wildman–Crippen LogP) is 5.92. The average molecular weight is 612 g/mol. The minimum atomic E-state index is -3.63. The van der Waals surface area contributed by atoms with E-state index in [0.717, 1.165) is 22.9 Å². The van der Waals surface area contributed by atoms with Crippen molar-refractivity contribution in [2.75, 3.05) is 23.7 Å². The first kappa shape index (κ1) is 33.1. The van der Waals surface area contributed by atoms with Crippen molar-refractivity contribution in [3.05, 3.63) is 100 Å². The average Bonchev–Trinajstić information content (AvgIpc) is 2.93. The number of carbonyl (C=O) groups is 2. The fourth-order valence-corrected chi connectivity index (χ4v) is 6.02. The SMILES string of the molecule is Cc1cccc(CN(C(=O)CCCN(c2cccc(Cl)c2C)S(C)(=O)=O)[C@H](Cc2ccccc2)C(=O)NCC(C)C)c1. The second kappa shape index (κ2) is 15.2. The molecule has 7 nitrogen and oxygen atoms in total. The number of nitrogens with one attached hydrogen (secondary N) is 1. The summed E-state index contributed by atoms with van der Waals surface area (Å²) in [5.41, 5.74) is 4.07. The molecule has 9 heteroatoms. The summed E-state index contributed by atoms with van der Waals surface area (Å²) >= 11 is 6.28. The van der Waals surface area contributed by atoms with Crippen LogP contribution in [0.4, 0.5) is 5.69 Å². The third-order valence-corrected chi connectivity index (χ3v) is 8.64. The lowest BCUT2D eigenvalue weighted by molar-refractivity contribution is -0.141. The van der Waals surface area contributed by atoms with Crippen molar-refractivity contribution < 1.29 is 18.0 Å². The molecule has 1 atom stereocenters. The molecular weight excluding hydrogens is 570 g/mol. The molecule has 42 heavy (non-hydrogen) atoms. The molecular formula is C33H42ClN3O4S. The molecule has 0 fully saturated rings. The number of hydrogen-bond donors (Lipinski definition) is 1. The zero-order valence-corrected chi connectivity index (χ0v) is 26.7. The molecule has 0 heterocycles. The van der Waals surface area contributed by atoms with E-state index in [4.69, 9.17) is 11.6 Å². The van der Waals surface area contributed by atoms with Crippen molar-refractivity contribution >= 4 is 39.1 Å². The van der Waals surface area contributed by atoms with Crippen LogP contribution in [0.15, 0.2) is 72.8 Å². The lowest BCUT2D eigenvalue weighted by Crippen LogP contribution is -2.51. The number of anilines is 1. The van der Waals surface area contributed by atoms with Crippen molar-refractivity contribution in [2.45, 2.75) is 59.5 Å². The molecule has 0 unspecified atom stereocenters. The molecule has 1 N–H and O–H groups in total. The number of nitrogens with zero attached hydrogens (tertiary/aromatic N) is 2. The van der Waals surface area contributed by atoms with Gasteiger partial charge in [0.15, 0.2) is 0 Å². The van der Waals surface area contributed by atoms with Crippen molar-refractivity contribution in [2.24, 2.45) is 5.92 Å². The van der Waals surface area contributed by atoms with Gasteiger partial charge in [0.2, 0.25) is 21.8 Å². The van der Waals surface area contributed by atoms with E-state index in [0.29, 0.717) is 29.2 Å². The number of carbonyl (C=O) groups excluding carboxylic acids is 2. The molecule has 0 spiro atoms. The lowest BCUT2D eigenvalue weighted by atomic mass is 10.0. The van der Waals surface area contributed by atoms with E-state index >= 15 is 0 Å². The summed E-state index contributed by atoms with van der Waals surface area (Å²) in [7, 11) is -3.63. The fourth-order valence-electron chi connectivity index (χ4n) is 4.83. The molecule has 0 aliphatic carbocycles. The highest BCUT2D eigenvalue weighted by molar-refractivity contribution is 7.92. The molecule has 0 aromatic heterocycles. The van der Waals surface area contributed by atoms with Gasteiger partial charge in [-0.3, -0.25) is 13.9 Å². The number of halogens is 1. The minimum absolute atomic E-state index is 0.0696. The van der Waals surface area contributed by atoms with Gasteiger partial charge < -0.3 is 10.2 Å². The van der Waals surface area contributed by atoms with E-state index in [1.54, 1.807) is 30.0 Å². The van der Waals surface area contributed by atoms with E-state index < -0.39 is 16.1 Å². The smallest absolute Gasteiger partial charge is 0.243 e. The molecule has 0 aliphatic heterocycles. The van der Waals surface area contributed by atoms with Gasteiger partial charge in [-0.2, -0.15) is 0 Å². The van der Waals surface area contributed by atoms with Crippen LogP contribution in [0.3, 0.4) is 0 Å². The first-order valence-electron chi connectivity index (χ1n) is 14.3. The van der Waals surface area contributed by atoms with Crippen LogP contribution < -0.4 is 9.62 Å². The minimum Gasteiger partial charge on any atom is -0.354 e. The van der Waals surface area contributed by atoms with Gasteiger partial charge >= 0.3 is 0 Å². The summed E-state index contributed by atoms with van der Waals surface area (Å²) in [6.45, 7) is 8.68. The summed E-state index contributed by atoms with van der Waals surface area (Å²) in [6, 6.07) is 22.0. The Balaban J connectivity index is 1.90. The molecule has 0 radical (unpaired) electrons. The van der Waals surface area contributed by atoms with Crippen molar-refractivity contribution in [3.63, 3.8) is 0 Å². The van der Waals surface area contributed by atoms with Crippen LogP contribution in [0.25, 0.3) is 0 Å². The van der Waals surface area contributed by atoms with E-state index in [9.17, 15) is 18.0 Å². The van der Waals surface area contributed by atoms with Crippen LogP contribution in [0.5, 0.6) is 0 Å². The highest BCUT2D eigenvalue weighted by Crippen LogP contribution is 2.28. The first-order chi connectivity index (χ1) is 19.9. The Hall–Kier alpha value is -3.36. The van der Waals surface area contributed by atoms with Crippen LogP contribution in [-0.2, 0) is 32.6 Å². The Morgan fingerprint density at radius 3 is 2.24 bits per heavy atom. The number of rotatable bonds is 14. The molecule has 0 saturated heterocycles. The number of aryl methyl sites for hydroxylation is 1. The highest BCUT2D eigenvalue weighted by atomic mass is 35.5. The van der Waals surface area contributed by atoms with Gasteiger partial charge in [0.05, 0.1) is 11.9 Å². The highest BCUT2D eigenvalue weighted by Gasteiger charge is 2.30.